The molecule has 0 spiro atoms. The minimum Gasteiger partial charge on any atom is -0.325 e. The van der Waals surface area contributed by atoms with Crippen LogP contribution in [-0.4, -0.2) is 17.5 Å². The molecule has 0 saturated heterocycles. The van der Waals surface area contributed by atoms with Crippen molar-refractivity contribution in [2.75, 3.05) is 5.32 Å². The first-order valence-corrected chi connectivity index (χ1v) is 7.28. The number of benzene rings is 1. The Bertz CT molecular complexity index is 705. The molecule has 2 atom stereocenters. The molecule has 2 aliphatic heterocycles. The lowest BCUT2D eigenvalue weighted by Gasteiger charge is -2.30. The second-order valence-electron chi connectivity index (χ2n) is 6.81. The maximum atomic E-state index is 12.0. The molecule has 0 radical (unpaired) electrons. The van der Waals surface area contributed by atoms with Crippen molar-refractivity contribution in [2.24, 2.45) is 22.4 Å². The van der Waals surface area contributed by atoms with Gasteiger partial charge in [-0.05, 0) is 36.1 Å². The first-order chi connectivity index (χ1) is 9.95. The Morgan fingerprint density at radius 2 is 2.05 bits per heavy atom. The van der Waals surface area contributed by atoms with Crippen LogP contribution in [0.15, 0.2) is 23.3 Å². The average molecular weight is 283 g/mol. The van der Waals surface area contributed by atoms with Gasteiger partial charge in [0.2, 0.25) is 11.8 Å². The molecule has 2 N–H and O–H groups in total. The average Bonchev–Trinajstić information content (AvgIpc) is 3.21. The van der Waals surface area contributed by atoms with Crippen LogP contribution in [0.5, 0.6) is 0 Å². The van der Waals surface area contributed by atoms with E-state index in [0.29, 0.717) is 0 Å². The third-order valence-corrected chi connectivity index (χ3v) is 4.66. The van der Waals surface area contributed by atoms with Gasteiger partial charge < -0.3 is 5.32 Å². The van der Waals surface area contributed by atoms with Gasteiger partial charge in [-0.25, -0.2) is 5.43 Å². The highest BCUT2D eigenvalue weighted by atomic mass is 16.2. The molecule has 1 saturated carbocycles. The lowest BCUT2D eigenvalue weighted by Crippen LogP contribution is -2.37. The molecular weight excluding hydrogens is 266 g/mol. The van der Waals surface area contributed by atoms with E-state index in [-0.39, 0.29) is 23.7 Å². The van der Waals surface area contributed by atoms with Gasteiger partial charge in [-0.15, -0.1) is 0 Å². The number of amides is 2. The summed E-state index contributed by atoms with van der Waals surface area (Å²) in [6, 6.07) is 6.01. The molecule has 0 aromatic heterocycles. The summed E-state index contributed by atoms with van der Waals surface area (Å²) in [5, 5.41) is 7.19. The number of hydrazone groups is 1. The van der Waals surface area contributed by atoms with Crippen molar-refractivity contribution in [3.05, 3.63) is 29.3 Å². The number of fused-ring (bicyclic) bond motifs is 2. The molecule has 1 aromatic carbocycles. The van der Waals surface area contributed by atoms with Crippen molar-refractivity contribution < 1.29 is 9.59 Å². The topological polar surface area (TPSA) is 70.6 Å². The molecule has 0 bridgehead atoms. The molecule has 5 heteroatoms. The molecule has 2 unspecified atom stereocenters. The van der Waals surface area contributed by atoms with E-state index in [0.717, 1.165) is 35.4 Å². The first-order valence-electron chi connectivity index (χ1n) is 7.28. The summed E-state index contributed by atoms with van der Waals surface area (Å²) < 4.78 is 0. The Morgan fingerprint density at radius 3 is 2.86 bits per heavy atom. The van der Waals surface area contributed by atoms with Gasteiger partial charge in [0, 0.05) is 22.9 Å². The van der Waals surface area contributed by atoms with E-state index in [2.05, 4.69) is 21.9 Å². The Kier molecular flexibility index (Phi) is 2.35. The Balaban J connectivity index is 1.71. The fourth-order valence-corrected chi connectivity index (χ4v) is 3.22. The Labute approximate surface area is 122 Å². The summed E-state index contributed by atoms with van der Waals surface area (Å²) in [4.78, 5) is 23.5. The second-order valence-corrected chi connectivity index (χ2v) is 6.81. The standard InChI is InChI=1S/C16H17N3O2/c1-16(2)7-9-5-8(3-4-12(9)17-15(16)21)13-10-6-11(10)14(20)19-18-13/h3-5,10-11H,6-7H2,1-2H3,(H,17,21)(H,19,20). The fourth-order valence-electron chi connectivity index (χ4n) is 3.22. The van der Waals surface area contributed by atoms with Crippen molar-refractivity contribution in [3.8, 4) is 0 Å². The van der Waals surface area contributed by atoms with Crippen molar-refractivity contribution in [1.29, 1.82) is 0 Å². The molecule has 2 heterocycles. The zero-order valence-corrected chi connectivity index (χ0v) is 12.1. The number of carbonyl (C=O) groups is 2. The lowest BCUT2D eigenvalue weighted by molar-refractivity contribution is -0.124. The molecule has 2 amide bonds. The molecule has 108 valence electrons. The van der Waals surface area contributed by atoms with Crippen LogP contribution in [0.25, 0.3) is 0 Å². The van der Waals surface area contributed by atoms with E-state index in [1.165, 1.54) is 0 Å². The smallest absolute Gasteiger partial charge is 0.243 e. The maximum Gasteiger partial charge on any atom is 0.243 e. The number of carbonyl (C=O) groups excluding carboxylic acids is 2. The molecule has 5 nitrogen and oxygen atoms in total. The number of rotatable bonds is 1. The SMILES string of the molecule is CC1(C)Cc2cc(C3=NNC(=O)C4CC34)ccc2NC1=O. The van der Waals surface area contributed by atoms with Gasteiger partial charge in [0.1, 0.15) is 0 Å². The van der Waals surface area contributed by atoms with Gasteiger partial charge in [0.25, 0.3) is 0 Å². The van der Waals surface area contributed by atoms with Gasteiger partial charge in [-0.3, -0.25) is 9.59 Å². The van der Waals surface area contributed by atoms with Crippen LogP contribution in [0.2, 0.25) is 0 Å². The van der Waals surface area contributed by atoms with Crippen LogP contribution in [0.4, 0.5) is 5.69 Å². The quantitative estimate of drug-likeness (QED) is 0.823. The minimum atomic E-state index is -0.393. The lowest BCUT2D eigenvalue weighted by atomic mass is 9.80. The van der Waals surface area contributed by atoms with Crippen LogP contribution in [0.3, 0.4) is 0 Å². The van der Waals surface area contributed by atoms with Crippen molar-refractivity contribution in [3.63, 3.8) is 0 Å². The van der Waals surface area contributed by atoms with E-state index in [4.69, 9.17) is 0 Å². The summed E-state index contributed by atoms with van der Waals surface area (Å²) in [5.74, 6) is 0.468. The summed E-state index contributed by atoms with van der Waals surface area (Å²) >= 11 is 0. The predicted octanol–water partition coefficient (Wildman–Crippen LogP) is 1.68. The zero-order chi connectivity index (χ0) is 14.8. The van der Waals surface area contributed by atoms with Crippen LogP contribution >= 0.6 is 0 Å². The van der Waals surface area contributed by atoms with Crippen molar-refractivity contribution in [1.82, 2.24) is 5.43 Å². The van der Waals surface area contributed by atoms with E-state index in [9.17, 15) is 9.59 Å². The Morgan fingerprint density at radius 1 is 1.24 bits per heavy atom. The second kappa shape index (κ2) is 3.93. The van der Waals surface area contributed by atoms with Crippen LogP contribution in [-0.2, 0) is 16.0 Å². The van der Waals surface area contributed by atoms with Crippen LogP contribution in [0.1, 0.15) is 31.4 Å². The normalized spacial score (nSPS) is 28.8. The highest BCUT2D eigenvalue weighted by Crippen LogP contribution is 2.44. The number of nitrogens with one attached hydrogen (secondary N) is 2. The van der Waals surface area contributed by atoms with E-state index in [1.807, 2.05) is 26.0 Å². The summed E-state index contributed by atoms with van der Waals surface area (Å²) in [6.45, 7) is 3.90. The van der Waals surface area contributed by atoms with Gasteiger partial charge in [-0.1, -0.05) is 19.9 Å². The van der Waals surface area contributed by atoms with Gasteiger partial charge >= 0.3 is 0 Å². The van der Waals surface area contributed by atoms with Crippen molar-refractivity contribution >= 4 is 23.2 Å². The minimum absolute atomic E-state index is 0.0371. The summed E-state index contributed by atoms with van der Waals surface area (Å²) in [5.41, 5.74) is 6.25. The monoisotopic (exact) mass is 283 g/mol. The van der Waals surface area contributed by atoms with E-state index < -0.39 is 5.41 Å². The Hall–Kier alpha value is -2.17. The van der Waals surface area contributed by atoms with Crippen molar-refractivity contribution in [2.45, 2.75) is 26.7 Å². The molecular formula is C16H17N3O2. The van der Waals surface area contributed by atoms with Gasteiger partial charge in [0.05, 0.1) is 5.71 Å². The van der Waals surface area contributed by atoms with Crippen LogP contribution < -0.4 is 10.7 Å². The van der Waals surface area contributed by atoms with Crippen LogP contribution in [0, 0.1) is 17.3 Å². The molecule has 1 aromatic rings. The third kappa shape index (κ3) is 1.87. The largest absolute Gasteiger partial charge is 0.325 e. The number of hydrogen-bond acceptors (Lipinski definition) is 3. The fraction of sp³-hybridized carbons (Fsp3) is 0.438. The van der Waals surface area contributed by atoms with E-state index in [1.54, 1.807) is 0 Å². The third-order valence-electron chi connectivity index (χ3n) is 4.66. The molecule has 4 rings (SSSR count). The molecule has 1 aliphatic carbocycles. The zero-order valence-electron chi connectivity index (χ0n) is 12.1. The maximum absolute atomic E-state index is 12.0. The highest BCUT2D eigenvalue weighted by Gasteiger charge is 2.49. The summed E-state index contributed by atoms with van der Waals surface area (Å²) in [6.07, 6.45) is 1.61. The molecule has 3 aliphatic rings. The number of hydrogen-bond donors (Lipinski definition) is 2. The first kappa shape index (κ1) is 12.6. The summed E-state index contributed by atoms with van der Waals surface area (Å²) in [7, 11) is 0. The number of nitrogens with zero attached hydrogens (tertiary/aromatic N) is 1. The highest BCUT2D eigenvalue weighted by molar-refractivity contribution is 6.10. The molecule has 21 heavy (non-hydrogen) atoms. The number of anilines is 1. The van der Waals surface area contributed by atoms with Gasteiger partial charge in [0.15, 0.2) is 0 Å². The van der Waals surface area contributed by atoms with Gasteiger partial charge in [-0.2, -0.15) is 5.10 Å². The predicted molar refractivity (Wildman–Crippen MR) is 78.8 cm³/mol. The van der Waals surface area contributed by atoms with E-state index >= 15 is 0 Å². The molecule has 1 fully saturated rings.